The average Bonchev–Trinajstić information content (AvgIpc) is 2.79. The topological polar surface area (TPSA) is 66.5 Å². The van der Waals surface area contributed by atoms with Crippen molar-refractivity contribution in [3.8, 4) is 0 Å². The lowest BCUT2D eigenvalue weighted by atomic mass is 9.81. The maximum Gasteiger partial charge on any atom is 0.240 e. The first kappa shape index (κ1) is 15.5. The van der Waals surface area contributed by atoms with Gasteiger partial charge in [-0.3, -0.25) is 19.3 Å². The minimum Gasteiger partial charge on any atom is -0.354 e. The number of hydrogen-bond donors (Lipinski definition) is 1. The van der Waals surface area contributed by atoms with Crippen LogP contribution in [0.1, 0.15) is 57.8 Å². The minimum absolute atomic E-state index is 0.0859. The van der Waals surface area contributed by atoms with E-state index >= 15 is 0 Å². The molecular formula is C17H26N2O3. The first-order valence-corrected chi connectivity index (χ1v) is 8.78. The van der Waals surface area contributed by atoms with E-state index < -0.39 is 0 Å². The molecule has 22 heavy (non-hydrogen) atoms. The number of fused-ring (bicyclic) bond motifs is 1. The smallest absolute Gasteiger partial charge is 0.240 e. The van der Waals surface area contributed by atoms with Crippen LogP contribution in [0.25, 0.3) is 0 Å². The Morgan fingerprint density at radius 2 is 1.45 bits per heavy atom. The van der Waals surface area contributed by atoms with Crippen molar-refractivity contribution in [3.63, 3.8) is 0 Å². The molecule has 3 amide bonds. The molecule has 0 aromatic rings. The number of imide groups is 1. The van der Waals surface area contributed by atoms with Crippen molar-refractivity contribution >= 4 is 17.7 Å². The number of hydrogen-bond acceptors (Lipinski definition) is 3. The van der Waals surface area contributed by atoms with Crippen LogP contribution >= 0.6 is 0 Å². The SMILES string of the molecule is O=C(CN1C(=O)C2CCCCC2C1=O)NCC1CCCCC1. The molecule has 0 radical (unpaired) electrons. The predicted molar refractivity (Wildman–Crippen MR) is 81.8 cm³/mol. The van der Waals surface area contributed by atoms with Crippen LogP contribution in [0.3, 0.4) is 0 Å². The van der Waals surface area contributed by atoms with Crippen molar-refractivity contribution in [1.82, 2.24) is 10.2 Å². The van der Waals surface area contributed by atoms with Crippen LogP contribution in [0.4, 0.5) is 0 Å². The number of rotatable bonds is 4. The molecule has 2 saturated carbocycles. The molecule has 5 heteroatoms. The largest absolute Gasteiger partial charge is 0.354 e. The van der Waals surface area contributed by atoms with Crippen LogP contribution in [-0.2, 0) is 14.4 Å². The average molecular weight is 306 g/mol. The second-order valence-corrected chi connectivity index (χ2v) is 7.07. The zero-order chi connectivity index (χ0) is 15.5. The van der Waals surface area contributed by atoms with Gasteiger partial charge in [0.15, 0.2) is 0 Å². The van der Waals surface area contributed by atoms with E-state index in [1.807, 2.05) is 0 Å². The van der Waals surface area contributed by atoms with Gasteiger partial charge >= 0.3 is 0 Å². The third-order valence-electron chi connectivity index (χ3n) is 5.55. The van der Waals surface area contributed by atoms with Crippen molar-refractivity contribution in [3.05, 3.63) is 0 Å². The molecule has 2 atom stereocenters. The molecule has 0 aromatic carbocycles. The summed E-state index contributed by atoms with van der Waals surface area (Å²) in [5.74, 6) is -0.194. The summed E-state index contributed by atoms with van der Waals surface area (Å²) in [6.07, 6.45) is 9.76. The molecule has 0 bridgehead atoms. The maximum absolute atomic E-state index is 12.3. The first-order valence-electron chi connectivity index (χ1n) is 8.78. The summed E-state index contributed by atoms with van der Waals surface area (Å²) in [7, 11) is 0. The quantitative estimate of drug-likeness (QED) is 0.806. The van der Waals surface area contributed by atoms with Gasteiger partial charge in [-0.2, -0.15) is 0 Å². The molecule has 1 N–H and O–H groups in total. The number of carbonyl (C=O) groups excluding carboxylic acids is 3. The highest BCUT2D eigenvalue weighted by Gasteiger charge is 2.48. The summed E-state index contributed by atoms with van der Waals surface area (Å²) < 4.78 is 0. The fourth-order valence-electron chi connectivity index (χ4n) is 4.24. The third-order valence-corrected chi connectivity index (χ3v) is 5.55. The van der Waals surface area contributed by atoms with E-state index in [2.05, 4.69) is 5.32 Å². The van der Waals surface area contributed by atoms with Gasteiger partial charge in [0.05, 0.1) is 11.8 Å². The monoisotopic (exact) mass is 306 g/mol. The Morgan fingerprint density at radius 1 is 0.909 bits per heavy atom. The van der Waals surface area contributed by atoms with Crippen LogP contribution < -0.4 is 5.32 Å². The van der Waals surface area contributed by atoms with E-state index in [0.717, 1.165) is 25.7 Å². The van der Waals surface area contributed by atoms with E-state index in [-0.39, 0.29) is 36.1 Å². The van der Waals surface area contributed by atoms with Crippen LogP contribution in [0.2, 0.25) is 0 Å². The lowest BCUT2D eigenvalue weighted by molar-refractivity contribution is -0.143. The van der Waals surface area contributed by atoms with Crippen molar-refractivity contribution in [2.24, 2.45) is 17.8 Å². The van der Waals surface area contributed by atoms with Crippen LogP contribution in [-0.4, -0.2) is 35.7 Å². The number of amides is 3. The van der Waals surface area contributed by atoms with Gasteiger partial charge in [-0.05, 0) is 31.6 Å². The molecule has 2 aliphatic carbocycles. The Hall–Kier alpha value is -1.39. The molecule has 2 unspecified atom stereocenters. The van der Waals surface area contributed by atoms with Gasteiger partial charge in [-0.1, -0.05) is 32.1 Å². The number of likely N-dealkylation sites (tertiary alicyclic amines) is 1. The standard InChI is InChI=1S/C17H26N2O3/c20-15(18-10-12-6-2-1-3-7-12)11-19-16(21)13-8-4-5-9-14(13)17(19)22/h12-14H,1-11H2,(H,18,20). The Morgan fingerprint density at radius 3 is 2.05 bits per heavy atom. The lowest BCUT2D eigenvalue weighted by Gasteiger charge is -2.22. The summed E-state index contributed by atoms with van der Waals surface area (Å²) in [6, 6.07) is 0. The second-order valence-electron chi connectivity index (χ2n) is 7.07. The van der Waals surface area contributed by atoms with Crippen molar-refractivity contribution < 1.29 is 14.4 Å². The Balaban J connectivity index is 1.50. The molecule has 1 heterocycles. The summed E-state index contributed by atoms with van der Waals surface area (Å²) in [4.78, 5) is 37.9. The lowest BCUT2D eigenvalue weighted by Crippen LogP contribution is -2.42. The van der Waals surface area contributed by atoms with E-state index in [1.54, 1.807) is 0 Å². The van der Waals surface area contributed by atoms with Gasteiger partial charge in [-0.25, -0.2) is 0 Å². The highest BCUT2D eigenvalue weighted by Crippen LogP contribution is 2.37. The number of nitrogens with zero attached hydrogens (tertiary/aromatic N) is 1. The zero-order valence-electron chi connectivity index (χ0n) is 13.2. The number of carbonyl (C=O) groups is 3. The Kier molecular flexibility index (Phi) is 4.79. The Bertz CT molecular complexity index is 433. The third kappa shape index (κ3) is 3.18. The van der Waals surface area contributed by atoms with E-state index in [4.69, 9.17) is 0 Å². The van der Waals surface area contributed by atoms with Crippen molar-refractivity contribution in [1.29, 1.82) is 0 Å². The summed E-state index contributed by atoms with van der Waals surface area (Å²) in [6.45, 7) is 0.597. The summed E-state index contributed by atoms with van der Waals surface area (Å²) in [5, 5.41) is 2.92. The first-order chi connectivity index (χ1) is 10.7. The molecule has 0 aromatic heterocycles. The highest BCUT2D eigenvalue weighted by atomic mass is 16.2. The maximum atomic E-state index is 12.3. The Labute approximate surface area is 131 Å². The highest BCUT2D eigenvalue weighted by molar-refractivity contribution is 6.07. The van der Waals surface area contributed by atoms with Gasteiger partial charge in [-0.15, -0.1) is 0 Å². The van der Waals surface area contributed by atoms with Crippen LogP contribution in [0.5, 0.6) is 0 Å². The van der Waals surface area contributed by atoms with Crippen molar-refractivity contribution in [2.45, 2.75) is 57.8 Å². The van der Waals surface area contributed by atoms with Gasteiger partial charge in [0, 0.05) is 6.54 Å². The molecule has 3 fully saturated rings. The van der Waals surface area contributed by atoms with Gasteiger partial charge in [0.1, 0.15) is 6.54 Å². The van der Waals surface area contributed by atoms with Crippen LogP contribution in [0.15, 0.2) is 0 Å². The van der Waals surface area contributed by atoms with Crippen LogP contribution in [0, 0.1) is 17.8 Å². The number of nitrogens with one attached hydrogen (secondary N) is 1. The summed E-state index contributed by atoms with van der Waals surface area (Å²) >= 11 is 0. The van der Waals surface area contributed by atoms with E-state index in [9.17, 15) is 14.4 Å². The normalized spacial score (nSPS) is 29.5. The summed E-state index contributed by atoms with van der Waals surface area (Å²) in [5.41, 5.74) is 0. The minimum atomic E-state index is -0.189. The van der Waals surface area contributed by atoms with Gasteiger partial charge in [0.25, 0.3) is 0 Å². The zero-order valence-corrected chi connectivity index (χ0v) is 13.2. The fourth-order valence-corrected chi connectivity index (χ4v) is 4.24. The molecule has 3 rings (SSSR count). The molecule has 3 aliphatic rings. The second kappa shape index (κ2) is 6.80. The molecule has 1 aliphatic heterocycles. The fraction of sp³-hybridized carbons (Fsp3) is 0.824. The molecule has 0 spiro atoms. The van der Waals surface area contributed by atoms with E-state index in [0.29, 0.717) is 12.5 Å². The predicted octanol–water partition coefficient (Wildman–Crippen LogP) is 1.86. The van der Waals surface area contributed by atoms with Crippen molar-refractivity contribution in [2.75, 3.05) is 13.1 Å². The molecule has 1 saturated heterocycles. The van der Waals surface area contributed by atoms with Gasteiger partial charge < -0.3 is 5.32 Å². The van der Waals surface area contributed by atoms with Gasteiger partial charge in [0.2, 0.25) is 17.7 Å². The molecular weight excluding hydrogens is 280 g/mol. The molecule has 122 valence electrons. The van der Waals surface area contributed by atoms with E-state index in [1.165, 1.54) is 37.0 Å². The molecule has 5 nitrogen and oxygen atoms in total.